The Morgan fingerprint density at radius 1 is 0.941 bits per heavy atom. The maximum atomic E-state index is 8.47. The summed E-state index contributed by atoms with van der Waals surface area (Å²) in [5.74, 6) is 0. The fourth-order valence-electron chi connectivity index (χ4n) is 0.935. The van der Waals surface area contributed by atoms with Gasteiger partial charge in [-0.15, -0.1) is 12.6 Å². The molecule has 1 rings (SSSR count). The number of piperidine rings is 1. The van der Waals surface area contributed by atoms with E-state index in [2.05, 4.69) is 5.32 Å². The zero-order chi connectivity index (χ0) is 13.8. The van der Waals surface area contributed by atoms with Gasteiger partial charge in [0, 0.05) is 0 Å². The van der Waals surface area contributed by atoms with Gasteiger partial charge in [-0.3, -0.25) is 0 Å². The van der Waals surface area contributed by atoms with E-state index in [9.17, 15) is 0 Å². The molecule has 1 heterocycles. The van der Waals surface area contributed by atoms with Crippen LogP contribution in [0.15, 0.2) is 0 Å². The van der Waals surface area contributed by atoms with Crippen LogP contribution in [-0.2, 0) is 17.1 Å². The summed E-state index contributed by atoms with van der Waals surface area (Å²) in [6.07, 6.45) is 4.64. The molecule has 88 valence electrons. The van der Waals surface area contributed by atoms with E-state index in [1.807, 2.05) is 0 Å². The minimum Gasteiger partial charge on any atom is -0.815 e. The summed E-state index contributed by atoms with van der Waals surface area (Å²) in [6, 6.07) is 0.142. The molecule has 1 aliphatic heterocycles. The van der Waals surface area contributed by atoms with E-state index in [1.165, 1.54) is 19.1 Å². The van der Waals surface area contributed by atoms with Gasteiger partial charge in [0.05, 0.1) is 0 Å². The van der Waals surface area contributed by atoms with Crippen molar-refractivity contribution in [1.29, 1.82) is 21.0 Å². The van der Waals surface area contributed by atoms with Gasteiger partial charge < -0.3 is 58.1 Å². The van der Waals surface area contributed by atoms with E-state index in [4.69, 9.17) is 52.7 Å². The Morgan fingerprint density at radius 2 is 1.35 bits per heavy atom. The Hall–Kier alpha value is -1.89. The van der Waals surface area contributed by atoms with Crippen molar-refractivity contribution in [2.75, 3.05) is 6.54 Å². The van der Waals surface area contributed by atoms with Crippen molar-refractivity contribution in [2.24, 2.45) is 0 Å². The minimum absolute atomic E-state index is 0. The SMILES string of the molecule is [C-]#N.[C-]#N.[C-]#N.[C-]#N.[Fe+6].[N-]=CC1CCCC[N-]1. The van der Waals surface area contributed by atoms with Crippen LogP contribution < -0.4 is 0 Å². The zero-order valence-electron chi connectivity index (χ0n) is 9.02. The van der Waals surface area contributed by atoms with Crippen LogP contribution in [0.1, 0.15) is 19.3 Å². The van der Waals surface area contributed by atoms with E-state index in [0.717, 1.165) is 13.0 Å². The fraction of sp³-hybridized carbons (Fsp3) is 0.500. The average Bonchev–Trinajstić information content (AvgIpc) is 2.48. The molecule has 0 aliphatic carbocycles. The van der Waals surface area contributed by atoms with Crippen molar-refractivity contribution in [2.45, 2.75) is 25.3 Å². The van der Waals surface area contributed by atoms with Gasteiger partial charge in [0.15, 0.2) is 0 Å². The molecule has 1 fully saturated rings. The van der Waals surface area contributed by atoms with Crippen LogP contribution in [-0.4, -0.2) is 18.8 Å². The minimum atomic E-state index is 0. The van der Waals surface area contributed by atoms with Crippen LogP contribution in [0.25, 0.3) is 10.7 Å². The van der Waals surface area contributed by atoms with Crippen molar-refractivity contribution < 1.29 is 17.1 Å². The molecule has 0 N–H and O–H groups in total. The first-order chi connectivity index (χ1) is 7.93. The Bertz CT molecular complexity index is 178. The smallest absolute Gasteiger partial charge is 0.815 e. The van der Waals surface area contributed by atoms with Crippen LogP contribution >= 0.6 is 0 Å². The molecule has 0 saturated carbocycles. The molecule has 0 aromatic carbocycles. The molecule has 1 aliphatic rings. The summed E-state index contributed by atoms with van der Waals surface area (Å²) in [4.78, 5) is 0. The molecule has 1 atom stereocenters. The van der Waals surface area contributed by atoms with Crippen molar-refractivity contribution in [1.82, 2.24) is 0 Å². The van der Waals surface area contributed by atoms with Gasteiger partial charge in [-0.25, -0.2) is 6.21 Å². The summed E-state index contributed by atoms with van der Waals surface area (Å²) in [5.41, 5.74) is 0. The maximum Gasteiger partial charge on any atom is 6.00 e. The van der Waals surface area contributed by atoms with E-state index >= 15 is 0 Å². The van der Waals surface area contributed by atoms with Crippen molar-refractivity contribution in [3.8, 4) is 0 Å². The van der Waals surface area contributed by atoms with Gasteiger partial charge in [-0.1, -0.05) is 19.3 Å². The summed E-state index contributed by atoms with van der Waals surface area (Å²) in [7, 11) is 0. The predicted octanol–water partition coefficient (Wildman–Crippen LogP) is 1.94. The largest absolute Gasteiger partial charge is 6.00 e. The molecule has 6 nitrogen and oxygen atoms in total. The molecule has 0 amide bonds. The predicted molar refractivity (Wildman–Crippen MR) is 55.2 cm³/mol. The number of hydrogen-bond donors (Lipinski definition) is 0. The second-order valence-corrected chi connectivity index (χ2v) is 2.12. The van der Waals surface area contributed by atoms with E-state index < -0.39 is 0 Å². The van der Waals surface area contributed by atoms with Gasteiger partial charge in [0.25, 0.3) is 0 Å². The summed E-state index contributed by atoms with van der Waals surface area (Å²) in [6.45, 7) is 19.9. The molecular weight excluding hydrogens is 260 g/mol. The third kappa shape index (κ3) is 31.5. The molecule has 0 radical (unpaired) electrons. The van der Waals surface area contributed by atoms with Gasteiger partial charge in [-0.2, -0.15) is 0 Å². The number of rotatable bonds is 1. The third-order valence-electron chi connectivity index (χ3n) is 1.44. The maximum absolute atomic E-state index is 8.47. The molecule has 7 heteroatoms. The summed E-state index contributed by atoms with van der Waals surface area (Å²) >= 11 is 0. The van der Waals surface area contributed by atoms with Gasteiger partial charge >= 0.3 is 17.1 Å². The molecule has 0 bridgehead atoms. The topological polar surface area (TPSA) is 132 Å². The van der Waals surface area contributed by atoms with Crippen LogP contribution in [0.4, 0.5) is 0 Å². The van der Waals surface area contributed by atoms with E-state index in [1.54, 1.807) is 0 Å². The monoisotopic (exact) mass is 270 g/mol. The normalized spacial score (nSPS) is 14.5. The standard InChI is InChI=1S/C6H10N2.4CN.Fe/c7-5-6-3-1-2-4-8-6;4*1-2;/h5-6H,1-4H2;;;;;/q-2;4*-1;+6. The Kier molecular flexibility index (Phi) is 83.1. The Labute approximate surface area is 113 Å². The molecule has 0 aromatic heterocycles. The first-order valence-electron chi connectivity index (χ1n) is 3.97. The zero-order valence-corrected chi connectivity index (χ0v) is 10.1. The van der Waals surface area contributed by atoms with Crippen LogP contribution in [0.3, 0.4) is 0 Å². The summed E-state index contributed by atoms with van der Waals surface area (Å²) in [5, 5.41) is 37.6. The quantitative estimate of drug-likeness (QED) is 0.409. The van der Waals surface area contributed by atoms with E-state index in [-0.39, 0.29) is 23.1 Å². The van der Waals surface area contributed by atoms with Gasteiger partial charge in [0.1, 0.15) is 0 Å². The van der Waals surface area contributed by atoms with Gasteiger partial charge in [-0.05, 0) is 0 Å². The third-order valence-corrected chi connectivity index (χ3v) is 1.44. The molecule has 0 aromatic rings. The molecule has 1 unspecified atom stereocenters. The van der Waals surface area contributed by atoms with Crippen LogP contribution in [0.2, 0.25) is 0 Å². The van der Waals surface area contributed by atoms with Crippen molar-refractivity contribution >= 4 is 6.21 Å². The Morgan fingerprint density at radius 3 is 1.53 bits per heavy atom. The van der Waals surface area contributed by atoms with Crippen LogP contribution in [0, 0.1) is 47.3 Å². The summed E-state index contributed by atoms with van der Waals surface area (Å²) < 4.78 is 0. The Balaban J connectivity index is -0.0000000462. The second kappa shape index (κ2) is 48.0. The second-order valence-electron chi connectivity index (χ2n) is 2.12. The molecule has 17 heavy (non-hydrogen) atoms. The van der Waals surface area contributed by atoms with Crippen LogP contribution in [0.5, 0.6) is 0 Å². The van der Waals surface area contributed by atoms with Crippen molar-refractivity contribution in [3.63, 3.8) is 0 Å². The molecule has 0 spiro atoms. The number of nitrogens with zero attached hydrogens (tertiary/aromatic N) is 6. The van der Waals surface area contributed by atoms with Crippen molar-refractivity contribution in [3.05, 3.63) is 37.0 Å². The fourth-order valence-corrected chi connectivity index (χ4v) is 0.935. The molecule has 1 saturated heterocycles. The van der Waals surface area contributed by atoms with E-state index in [0.29, 0.717) is 0 Å². The first kappa shape index (κ1) is 29.4. The molecular formula is C10H10FeN6. The number of hydrogen-bond acceptors (Lipinski definition) is 4. The van der Waals surface area contributed by atoms with Gasteiger partial charge in [0.2, 0.25) is 0 Å². The average molecular weight is 270 g/mol. The first-order valence-corrected chi connectivity index (χ1v) is 3.97.